The maximum atomic E-state index is 11.1. The molecule has 2 N–H and O–H groups in total. The van der Waals surface area contributed by atoms with Gasteiger partial charge in [0.2, 0.25) is 0 Å². The predicted molar refractivity (Wildman–Crippen MR) is 77.7 cm³/mol. The van der Waals surface area contributed by atoms with Gasteiger partial charge in [-0.15, -0.1) is 0 Å². The summed E-state index contributed by atoms with van der Waals surface area (Å²) in [5.41, 5.74) is -0.459. The molecule has 0 bridgehead atoms. The first-order chi connectivity index (χ1) is 9.66. The maximum Gasteiger partial charge on any atom is 0.0730 e. The molecule has 116 valence electrons. The van der Waals surface area contributed by atoms with Crippen LogP contribution in [0.15, 0.2) is 0 Å². The minimum absolute atomic E-state index is 0.00322. The molecule has 2 saturated heterocycles. The molecule has 20 heavy (non-hydrogen) atoms. The molecule has 3 fully saturated rings. The highest BCUT2D eigenvalue weighted by molar-refractivity contribution is 4.99. The summed E-state index contributed by atoms with van der Waals surface area (Å²) in [5.74, 6) is 0.409. The van der Waals surface area contributed by atoms with Crippen LogP contribution in [0.5, 0.6) is 0 Å². The van der Waals surface area contributed by atoms with E-state index in [4.69, 9.17) is 9.47 Å². The van der Waals surface area contributed by atoms with E-state index in [1.165, 1.54) is 0 Å². The van der Waals surface area contributed by atoms with Crippen LogP contribution in [0, 0.1) is 5.92 Å². The Labute approximate surface area is 122 Å². The van der Waals surface area contributed by atoms with Crippen molar-refractivity contribution in [3.63, 3.8) is 0 Å². The Morgan fingerprint density at radius 1 is 1.00 bits per heavy atom. The monoisotopic (exact) mass is 283 g/mol. The molecule has 0 radical (unpaired) electrons. The van der Waals surface area contributed by atoms with Crippen molar-refractivity contribution < 1.29 is 14.6 Å². The van der Waals surface area contributed by atoms with Crippen molar-refractivity contribution in [3.8, 4) is 0 Å². The Hall–Kier alpha value is -0.160. The lowest BCUT2D eigenvalue weighted by atomic mass is 9.67. The van der Waals surface area contributed by atoms with Crippen LogP contribution in [-0.4, -0.2) is 49.2 Å². The van der Waals surface area contributed by atoms with Crippen molar-refractivity contribution in [1.29, 1.82) is 0 Å². The highest BCUT2D eigenvalue weighted by Gasteiger charge is 2.47. The lowest BCUT2D eigenvalue weighted by molar-refractivity contribution is -0.181. The number of hydrogen-bond donors (Lipinski definition) is 2. The third-order valence-corrected chi connectivity index (χ3v) is 5.92. The van der Waals surface area contributed by atoms with Gasteiger partial charge in [-0.25, -0.2) is 0 Å². The molecule has 4 nitrogen and oxygen atoms in total. The topological polar surface area (TPSA) is 50.7 Å². The van der Waals surface area contributed by atoms with Crippen molar-refractivity contribution in [3.05, 3.63) is 0 Å². The van der Waals surface area contributed by atoms with Crippen molar-refractivity contribution in [2.45, 2.75) is 68.6 Å². The summed E-state index contributed by atoms with van der Waals surface area (Å²) in [6, 6.07) is 0.590. The van der Waals surface area contributed by atoms with E-state index in [1.54, 1.807) is 0 Å². The zero-order valence-corrected chi connectivity index (χ0v) is 12.7. The number of rotatable bonds is 2. The van der Waals surface area contributed by atoms with Crippen molar-refractivity contribution in [2.75, 3.05) is 26.9 Å². The quantitative estimate of drug-likeness (QED) is 0.812. The standard InChI is InChI=1S/C16H29NO3/c1-17-14-2-5-16(18,6-3-14)13-4-9-20-15(12-13)7-10-19-11-8-15/h13-14,17-18H,2-12H2,1H3. The minimum atomic E-state index is -0.456. The first-order valence-corrected chi connectivity index (χ1v) is 8.27. The second kappa shape index (κ2) is 5.91. The third-order valence-electron chi connectivity index (χ3n) is 5.92. The molecule has 1 atom stereocenters. The predicted octanol–water partition coefficient (Wildman–Crippen LogP) is 1.86. The number of aliphatic hydroxyl groups is 1. The van der Waals surface area contributed by atoms with Crippen LogP contribution in [0.2, 0.25) is 0 Å². The first kappa shape index (κ1) is 14.8. The molecule has 2 aliphatic heterocycles. The van der Waals surface area contributed by atoms with Crippen molar-refractivity contribution in [2.24, 2.45) is 5.92 Å². The highest BCUT2D eigenvalue weighted by atomic mass is 16.5. The van der Waals surface area contributed by atoms with Crippen LogP contribution in [0.1, 0.15) is 51.4 Å². The molecule has 0 aromatic rings. The fraction of sp³-hybridized carbons (Fsp3) is 1.00. The van der Waals surface area contributed by atoms with Gasteiger partial charge < -0.3 is 19.9 Å². The van der Waals surface area contributed by atoms with E-state index in [-0.39, 0.29) is 5.60 Å². The summed E-state index contributed by atoms with van der Waals surface area (Å²) in [4.78, 5) is 0. The molecule has 1 saturated carbocycles. The van der Waals surface area contributed by atoms with E-state index in [0.717, 1.165) is 71.2 Å². The average molecular weight is 283 g/mol. The van der Waals surface area contributed by atoms with E-state index >= 15 is 0 Å². The van der Waals surface area contributed by atoms with Gasteiger partial charge in [-0.3, -0.25) is 0 Å². The Bertz CT molecular complexity index is 314. The van der Waals surface area contributed by atoms with Gasteiger partial charge in [0.1, 0.15) is 0 Å². The Balaban J connectivity index is 1.64. The second-order valence-corrected chi connectivity index (χ2v) is 7.00. The van der Waals surface area contributed by atoms with E-state index < -0.39 is 5.60 Å². The van der Waals surface area contributed by atoms with Gasteiger partial charge in [0, 0.05) is 25.9 Å². The fourth-order valence-corrected chi connectivity index (χ4v) is 4.39. The van der Waals surface area contributed by atoms with Crippen LogP contribution < -0.4 is 5.32 Å². The van der Waals surface area contributed by atoms with Crippen molar-refractivity contribution >= 4 is 0 Å². The Morgan fingerprint density at radius 3 is 2.35 bits per heavy atom. The molecule has 4 heteroatoms. The Kier molecular flexibility index (Phi) is 4.37. The van der Waals surface area contributed by atoms with Gasteiger partial charge in [0.25, 0.3) is 0 Å². The molecule has 1 spiro atoms. The summed E-state index contributed by atoms with van der Waals surface area (Å²) in [5, 5.41) is 14.5. The SMILES string of the molecule is CNC1CCC(O)(C2CCOC3(CCOCC3)C2)CC1. The van der Waals surface area contributed by atoms with Crippen LogP contribution in [0.4, 0.5) is 0 Å². The lowest BCUT2D eigenvalue weighted by Crippen LogP contribution is -2.52. The zero-order valence-electron chi connectivity index (χ0n) is 12.7. The number of hydrogen-bond acceptors (Lipinski definition) is 4. The van der Waals surface area contributed by atoms with Gasteiger partial charge in [0.05, 0.1) is 11.2 Å². The minimum Gasteiger partial charge on any atom is -0.390 e. The Morgan fingerprint density at radius 2 is 1.70 bits per heavy atom. The lowest BCUT2D eigenvalue weighted by Gasteiger charge is -2.49. The van der Waals surface area contributed by atoms with E-state index in [1.807, 2.05) is 7.05 Å². The smallest absolute Gasteiger partial charge is 0.0730 e. The molecule has 3 aliphatic rings. The van der Waals surface area contributed by atoms with Gasteiger partial charge in [-0.2, -0.15) is 0 Å². The summed E-state index contributed by atoms with van der Waals surface area (Å²) in [7, 11) is 2.03. The third kappa shape index (κ3) is 2.89. The maximum absolute atomic E-state index is 11.1. The molecule has 1 aliphatic carbocycles. The van der Waals surface area contributed by atoms with Crippen LogP contribution >= 0.6 is 0 Å². The van der Waals surface area contributed by atoms with Gasteiger partial charge >= 0.3 is 0 Å². The summed E-state index contributed by atoms with van der Waals surface area (Å²) < 4.78 is 11.6. The van der Waals surface area contributed by atoms with Gasteiger partial charge in [0.15, 0.2) is 0 Å². The van der Waals surface area contributed by atoms with Gasteiger partial charge in [-0.1, -0.05) is 0 Å². The van der Waals surface area contributed by atoms with E-state index in [9.17, 15) is 5.11 Å². The molecule has 3 rings (SSSR count). The normalized spacial score (nSPS) is 41.7. The number of ether oxygens (including phenoxy) is 2. The molecule has 0 aromatic carbocycles. The van der Waals surface area contributed by atoms with Crippen LogP contribution in [0.3, 0.4) is 0 Å². The zero-order chi connectivity index (χ0) is 14.1. The van der Waals surface area contributed by atoms with Crippen molar-refractivity contribution in [1.82, 2.24) is 5.32 Å². The molecule has 0 amide bonds. The summed E-state index contributed by atoms with van der Waals surface area (Å²) in [6.07, 6.45) is 8.12. The van der Waals surface area contributed by atoms with E-state index in [2.05, 4.69) is 5.32 Å². The fourth-order valence-electron chi connectivity index (χ4n) is 4.39. The number of nitrogens with one attached hydrogen (secondary N) is 1. The van der Waals surface area contributed by atoms with E-state index in [0.29, 0.717) is 12.0 Å². The highest BCUT2D eigenvalue weighted by Crippen LogP contribution is 2.45. The van der Waals surface area contributed by atoms with Crippen LogP contribution in [-0.2, 0) is 9.47 Å². The van der Waals surface area contributed by atoms with Gasteiger partial charge in [-0.05, 0) is 64.3 Å². The first-order valence-electron chi connectivity index (χ1n) is 8.27. The second-order valence-electron chi connectivity index (χ2n) is 7.00. The molecule has 1 unspecified atom stereocenters. The molecule has 0 aromatic heterocycles. The van der Waals surface area contributed by atoms with Crippen LogP contribution in [0.25, 0.3) is 0 Å². The summed E-state index contributed by atoms with van der Waals surface area (Å²) in [6.45, 7) is 2.43. The summed E-state index contributed by atoms with van der Waals surface area (Å²) >= 11 is 0. The largest absolute Gasteiger partial charge is 0.390 e. The molecular weight excluding hydrogens is 254 g/mol. The molecule has 2 heterocycles. The molecular formula is C16H29NO3. The average Bonchev–Trinajstić information content (AvgIpc) is 2.49.